The SMILES string of the molecule is CCCC(C)C(=O)N=S1(=O)CCNCC1. The molecule has 0 aromatic rings. The molecule has 0 aliphatic carbocycles. The first-order chi connectivity index (χ1) is 7.07. The molecule has 1 saturated heterocycles. The maximum absolute atomic E-state index is 12.1. The Labute approximate surface area is 92.0 Å². The van der Waals surface area contributed by atoms with E-state index < -0.39 is 9.73 Å². The standard InChI is InChI=1S/C10H20N2O2S/c1-3-4-9(2)10(13)12-15(14)7-5-11-6-8-15/h9,11H,3-8H2,1-2H3. The summed E-state index contributed by atoms with van der Waals surface area (Å²) in [6.45, 7) is 5.31. The summed E-state index contributed by atoms with van der Waals surface area (Å²) in [6.07, 6.45) is 1.79. The van der Waals surface area contributed by atoms with Crippen molar-refractivity contribution in [3.8, 4) is 0 Å². The predicted molar refractivity (Wildman–Crippen MR) is 62.3 cm³/mol. The molecule has 1 aliphatic heterocycles. The van der Waals surface area contributed by atoms with Crippen LogP contribution in [-0.4, -0.2) is 34.7 Å². The third kappa shape index (κ3) is 3.91. The van der Waals surface area contributed by atoms with E-state index in [1.165, 1.54) is 0 Å². The van der Waals surface area contributed by atoms with Crippen LogP contribution < -0.4 is 5.32 Å². The summed E-state index contributed by atoms with van der Waals surface area (Å²) in [7, 11) is -2.24. The van der Waals surface area contributed by atoms with Crippen molar-refractivity contribution in [1.29, 1.82) is 0 Å². The van der Waals surface area contributed by atoms with E-state index in [2.05, 4.69) is 9.68 Å². The molecule has 1 fully saturated rings. The van der Waals surface area contributed by atoms with Gasteiger partial charge in [-0.1, -0.05) is 20.3 Å². The van der Waals surface area contributed by atoms with Gasteiger partial charge in [0.25, 0.3) is 5.91 Å². The minimum atomic E-state index is -2.24. The number of hydrogen-bond acceptors (Lipinski definition) is 3. The van der Waals surface area contributed by atoms with Crippen LogP contribution in [0.1, 0.15) is 26.7 Å². The van der Waals surface area contributed by atoms with Crippen molar-refractivity contribution in [3.05, 3.63) is 0 Å². The van der Waals surface area contributed by atoms with Crippen molar-refractivity contribution in [1.82, 2.24) is 5.32 Å². The number of carbonyl (C=O) groups is 1. The summed E-state index contributed by atoms with van der Waals surface area (Å²) in [4.78, 5) is 11.6. The van der Waals surface area contributed by atoms with Crippen LogP contribution in [0.5, 0.6) is 0 Å². The maximum Gasteiger partial charge on any atom is 0.256 e. The van der Waals surface area contributed by atoms with Crippen LogP contribution in [0.2, 0.25) is 0 Å². The largest absolute Gasteiger partial charge is 0.315 e. The molecule has 0 aromatic heterocycles. The molecule has 0 bridgehead atoms. The lowest BCUT2D eigenvalue weighted by Crippen LogP contribution is -2.36. The molecule has 1 aliphatic rings. The average Bonchev–Trinajstić information content (AvgIpc) is 2.18. The molecule has 1 amide bonds. The molecule has 0 radical (unpaired) electrons. The highest BCUT2D eigenvalue weighted by molar-refractivity contribution is 7.94. The molecular weight excluding hydrogens is 212 g/mol. The van der Waals surface area contributed by atoms with E-state index in [-0.39, 0.29) is 11.8 Å². The Balaban J connectivity index is 2.68. The smallest absolute Gasteiger partial charge is 0.256 e. The molecule has 0 aromatic carbocycles. The van der Waals surface area contributed by atoms with E-state index in [9.17, 15) is 9.00 Å². The summed E-state index contributed by atoms with van der Waals surface area (Å²) in [6, 6.07) is 0. The molecule has 1 rings (SSSR count). The number of rotatable bonds is 3. The van der Waals surface area contributed by atoms with Gasteiger partial charge in [0.15, 0.2) is 0 Å². The van der Waals surface area contributed by atoms with Crippen molar-refractivity contribution in [3.63, 3.8) is 0 Å². The Morgan fingerprint density at radius 2 is 2.07 bits per heavy atom. The molecule has 1 N–H and O–H groups in total. The molecular formula is C10H20N2O2S. The van der Waals surface area contributed by atoms with Crippen LogP contribution >= 0.6 is 0 Å². The lowest BCUT2D eigenvalue weighted by Gasteiger charge is -2.17. The number of hydrogen-bond donors (Lipinski definition) is 1. The molecule has 4 nitrogen and oxygen atoms in total. The monoisotopic (exact) mass is 232 g/mol. The van der Waals surface area contributed by atoms with Gasteiger partial charge in [-0.05, 0) is 6.42 Å². The number of nitrogens with zero attached hydrogens (tertiary/aromatic N) is 1. The Bertz CT molecular complexity index is 320. The summed E-state index contributed by atoms with van der Waals surface area (Å²) in [5.74, 6) is 0.766. The highest BCUT2D eigenvalue weighted by Gasteiger charge is 2.18. The fourth-order valence-corrected chi connectivity index (χ4v) is 3.41. The minimum Gasteiger partial charge on any atom is -0.315 e. The maximum atomic E-state index is 12.1. The van der Waals surface area contributed by atoms with Crippen molar-refractivity contribution in [2.45, 2.75) is 26.7 Å². The van der Waals surface area contributed by atoms with Crippen LogP contribution in [0, 0.1) is 5.92 Å². The van der Waals surface area contributed by atoms with Crippen LogP contribution in [0.3, 0.4) is 0 Å². The normalized spacial score (nSPS) is 22.0. The summed E-state index contributed by atoms with van der Waals surface area (Å²) < 4.78 is 16.0. The first kappa shape index (κ1) is 12.6. The zero-order valence-corrected chi connectivity index (χ0v) is 10.3. The molecule has 1 heterocycles. The molecule has 0 saturated carbocycles. The summed E-state index contributed by atoms with van der Waals surface area (Å²) in [5, 5.41) is 3.12. The Kier molecular flexibility index (Phi) is 4.73. The second-order valence-corrected chi connectivity index (χ2v) is 6.59. The van der Waals surface area contributed by atoms with Gasteiger partial charge in [-0.25, -0.2) is 4.21 Å². The predicted octanol–water partition coefficient (Wildman–Crippen LogP) is 1.02. The zero-order valence-electron chi connectivity index (χ0n) is 9.49. The molecule has 1 unspecified atom stereocenters. The number of carbonyl (C=O) groups excluding carboxylic acids is 1. The van der Waals surface area contributed by atoms with Gasteiger partial charge in [-0.15, -0.1) is 0 Å². The molecule has 0 spiro atoms. The third-order valence-electron chi connectivity index (χ3n) is 2.60. The second kappa shape index (κ2) is 5.61. The number of amides is 1. The zero-order chi connectivity index (χ0) is 11.3. The second-order valence-electron chi connectivity index (χ2n) is 4.05. The van der Waals surface area contributed by atoms with Gasteiger partial charge in [0, 0.05) is 30.5 Å². The van der Waals surface area contributed by atoms with E-state index in [4.69, 9.17) is 0 Å². The van der Waals surface area contributed by atoms with Gasteiger partial charge in [0.1, 0.15) is 0 Å². The summed E-state index contributed by atoms with van der Waals surface area (Å²) >= 11 is 0. The minimum absolute atomic E-state index is 0.0804. The van der Waals surface area contributed by atoms with E-state index in [1.807, 2.05) is 13.8 Å². The fraction of sp³-hybridized carbons (Fsp3) is 0.900. The van der Waals surface area contributed by atoms with Crippen molar-refractivity contribution in [2.24, 2.45) is 10.3 Å². The molecule has 88 valence electrons. The lowest BCUT2D eigenvalue weighted by atomic mass is 10.1. The van der Waals surface area contributed by atoms with Crippen LogP contribution in [-0.2, 0) is 14.5 Å². The van der Waals surface area contributed by atoms with Gasteiger partial charge >= 0.3 is 0 Å². The quantitative estimate of drug-likeness (QED) is 0.790. The highest BCUT2D eigenvalue weighted by atomic mass is 32.2. The third-order valence-corrected chi connectivity index (χ3v) is 4.79. The van der Waals surface area contributed by atoms with Crippen LogP contribution in [0.25, 0.3) is 0 Å². The van der Waals surface area contributed by atoms with Gasteiger partial charge in [0.2, 0.25) is 0 Å². The fourth-order valence-electron chi connectivity index (χ4n) is 1.59. The van der Waals surface area contributed by atoms with Crippen molar-refractivity contribution >= 4 is 15.6 Å². The molecule has 1 atom stereocenters. The topological polar surface area (TPSA) is 58.5 Å². The van der Waals surface area contributed by atoms with E-state index in [0.717, 1.165) is 12.8 Å². The van der Waals surface area contributed by atoms with Crippen LogP contribution in [0.4, 0.5) is 0 Å². The first-order valence-corrected chi connectivity index (χ1v) is 7.40. The highest BCUT2D eigenvalue weighted by Crippen LogP contribution is 2.10. The van der Waals surface area contributed by atoms with E-state index >= 15 is 0 Å². The van der Waals surface area contributed by atoms with Crippen molar-refractivity contribution in [2.75, 3.05) is 24.6 Å². The van der Waals surface area contributed by atoms with Gasteiger partial charge in [-0.2, -0.15) is 4.36 Å². The summed E-state index contributed by atoms with van der Waals surface area (Å²) in [5.41, 5.74) is 0. The Morgan fingerprint density at radius 3 is 2.60 bits per heavy atom. The van der Waals surface area contributed by atoms with Gasteiger partial charge in [-0.3, -0.25) is 4.79 Å². The lowest BCUT2D eigenvalue weighted by molar-refractivity contribution is -0.121. The first-order valence-electron chi connectivity index (χ1n) is 5.54. The molecule has 5 heteroatoms. The van der Waals surface area contributed by atoms with Crippen molar-refractivity contribution < 1.29 is 9.00 Å². The van der Waals surface area contributed by atoms with Gasteiger partial charge in [0.05, 0.1) is 9.73 Å². The van der Waals surface area contributed by atoms with E-state index in [1.54, 1.807) is 0 Å². The average molecular weight is 232 g/mol. The molecule has 15 heavy (non-hydrogen) atoms. The van der Waals surface area contributed by atoms with E-state index in [0.29, 0.717) is 24.6 Å². The van der Waals surface area contributed by atoms with Crippen LogP contribution in [0.15, 0.2) is 4.36 Å². The number of nitrogens with one attached hydrogen (secondary N) is 1. The van der Waals surface area contributed by atoms with Gasteiger partial charge < -0.3 is 5.32 Å². The Morgan fingerprint density at radius 1 is 1.47 bits per heavy atom. The Hall–Kier alpha value is -0.420.